The van der Waals surface area contributed by atoms with Gasteiger partial charge in [0.25, 0.3) is 11.8 Å². The number of barbiturate groups is 1. The molecule has 196 valence electrons. The van der Waals surface area contributed by atoms with Crippen LogP contribution in [-0.2, 0) is 33.6 Å². The number of nitrogens with zero attached hydrogens (tertiary/aromatic N) is 1. The zero-order valence-corrected chi connectivity index (χ0v) is 20.5. The van der Waals surface area contributed by atoms with Crippen molar-refractivity contribution in [3.05, 3.63) is 24.3 Å². The van der Waals surface area contributed by atoms with Crippen LogP contribution in [0.3, 0.4) is 0 Å². The van der Waals surface area contributed by atoms with Crippen LogP contribution in [-0.4, -0.2) is 53.1 Å². The third kappa shape index (κ3) is 7.33. The van der Waals surface area contributed by atoms with Crippen LogP contribution in [0.4, 0.5) is 4.79 Å². The van der Waals surface area contributed by atoms with E-state index in [-0.39, 0.29) is 44.4 Å². The Morgan fingerprint density at radius 3 is 2.25 bits per heavy atom. The lowest BCUT2D eigenvalue weighted by Crippen LogP contribution is -2.64. The summed E-state index contributed by atoms with van der Waals surface area (Å²) in [4.78, 5) is 88.4. The second-order valence-electron chi connectivity index (χ2n) is 8.61. The maximum atomic E-state index is 12.7. The number of unbranched alkanes of at least 4 members (excludes halogenated alkanes) is 1. The molecule has 0 aliphatic carbocycles. The molecule has 0 aromatic carbocycles. The number of carbonyl (C=O) groups is 7. The predicted molar refractivity (Wildman–Crippen MR) is 125 cm³/mol. The van der Waals surface area contributed by atoms with E-state index < -0.39 is 47.0 Å². The van der Waals surface area contributed by atoms with Crippen LogP contribution < -0.4 is 16.0 Å². The largest absolute Gasteiger partial charge is 0.356 e. The summed E-state index contributed by atoms with van der Waals surface area (Å²) in [6, 6.07) is -0.847. The summed E-state index contributed by atoms with van der Waals surface area (Å²) in [6.45, 7) is 3.86. The van der Waals surface area contributed by atoms with E-state index in [0.29, 0.717) is 24.4 Å². The molecule has 0 aromatic heterocycles. The van der Waals surface area contributed by atoms with Gasteiger partial charge < -0.3 is 10.2 Å². The molecular formula is C24H32N4O8. The summed E-state index contributed by atoms with van der Waals surface area (Å²) in [6.07, 6.45) is 8.24. The van der Waals surface area contributed by atoms with E-state index in [2.05, 4.69) is 16.0 Å². The predicted octanol–water partition coefficient (Wildman–Crippen LogP) is 1.17. The van der Waals surface area contributed by atoms with E-state index in [1.807, 2.05) is 13.0 Å². The topological polar surface area (TPSA) is 168 Å². The van der Waals surface area contributed by atoms with Gasteiger partial charge in [0.1, 0.15) is 5.41 Å². The molecule has 0 aromatic rings. The minimum Gasteiger partial charge on any atom is -0.356 e. The summed E-state index contributed by atoms with van der Waals surface area (Å²) < 4.78 is 0. The monoisotopic (exact) mass is 504 g/mol. The molecule has 7 amide bonds. The molecular weight excluding hydrogens is 472 g/mol. The van der Waals surface area contributed by atoms with Crippen molar-refractivity contribution in [2.45, 2.75) is 65.2 Å². The molecule has 12 heteroatoms. The van der Waals surface area contributed by atoms with Crippen molar-refractivity contribution in [3.63, 3.8) is 0 Å². The van der Waals surface area contributed by atoms with Crippen LogP contribution in [0.25, 0.3) is 0 Å². The Hall–Kier alpha value is -3.83. The van der Waals surface area contributed by atoms with E-state index in [9.17, 15) is 33.6 Å². The number of imide groups is 3. The average Bonchev–Trinajstić information content (AvgIpc) is 3.12. The summed E-state index contributed by atoms with van der Waals surface area (Å²) >= 11 is 0. The van der Waals surface area contributed by atoms with Gasteiger partial charge in [-0.05, 0) is 32.1 Å². The van der Waals surface area contributed by atoms with Gasteiger partial charge in [-0.15, -0.1) is 5.06 Å². The fraction of sp³-hybridized carbons (Fsp3) is 0.542. The van der Waals surface area contributed by atoms with E-state index in [4.69, 9.17) is 4.84 Å². The van der Waals surface area contributed by atoms with Crippen LogP contribution in [0.2, 0.25) is 0 Å². The fourth-order valence-electron chi connectivity index (χ4n) is 3.98. The van der Waals surface area contributed by atoms with Crippen molar-refractivity contribution in [1.82, 2.24) is 21.0 Å². The Kier molecular flexibility index (Phi) is 10.5. The van der Waals surface area contributed by atoms with Gasteiger partial charge in [0.2, 0.25) is 17.7 Å². The minimum atomic E-state index is -1.45. The molecule has 12 nitrogen and oxygen atoms in total. The first kappa shape index (κ1) is 28.4. The van der Waals surface area contributed by atoms with E-state index in [1.54, 1.807) is 25.2 Å². The molecule has 0 radical (unpaired) electrons. The van der Waals surface area contributed by atoms with Crippen LogP contribution in [0.1, 0.15) is 65.2 Å². The maximum absolute atomic E-state index is 12.7. The van der Waals surface area contributed by atoms with Crippen molar-refractivity contribution >= 4 is 41.5 Å². The molecule has 0 saturated carbocycles. The highest BCUT2D eigenvalue weighted by molar-refractivity contribution is 6.19. The Morgan fingerprint density at radius 1 is 1.00 bits per heavy atom. The van der Waals surface area contributed by atoms with Gasteiger partial charge in [0.15, 0.2) is 0 Å². The van der Waals surface area contributed by atoms with Gasteiger partial charge in [0.05, 0.1) is 0 Å². The Bertz CT molecular complexity index is 935. The average molecular weight is 505 g/mol. The lowest BCUT2D eigenvalue weighted by molar-refractivity contribution is -0.197. The van der Waals surface area contributed by atoms with Gasteiger partial charge in [0, 0.05) is 32.2 Å². The van der Waals surface area contributed by atoms with Crippen LogP contribution in [0, 0.1) is 11.3 Å². The Morgan fingerprint density at radius 2 is 1.64 bits per heavy atom. The third-order valence-corrected chi connectivity index (χ3v) is 6.05. The zero-order valence-electron chi connectivity index (χ0n) is 20.5. The number of urea groups is 1. The van der Waals surface area contributed by atoms with Crippen LogP contribution in [0.5, 0.6) is 0 Å². The standard InChI is InChI=1S/C24H32N4O8/c1-3-4-5-9-16(2)24(21(33)26-23(35)27-22(24)34)14-6-7-15-25-17(29)10-8-11-20(32)36-28-18(30)12-13-19(28)31/h3-5,9,16H,6-8,10-15H2,1-2H3,(H,25,29)(H2,26,27,33,34,35)/b4-3-,9-5-. The molecule has 2 fully saturated rings. The van der Waals surface area contributed by atoms with Crippen molar-refractivity contribution in [2.75, 3.05) is 6.54 Å². The van der Waals surface area contributed by atoms with Crippen molar-refractivity contribution < 1.29 is 38.4 Å². The maximum Gasteiger partial charge on any atom is 0.333 e. The number of hydrogen-bond acceptors (Lipinski definition) is 8. The SMILES string of the molecule is C/C=C\C=C/C(C)C1(CCCCNC(=O)CCCC(=O)ON2C(=O)CCC2=O)C(=O)NC(=O)NC1=O. The van der Waals surface area contributed by atoms with Crippen molar-refractivity contribution in [1.29, 1.82) is 0 Å². The highest BCUT2D eigenvalue weighted by Gasteiger charge is 2.52. The second kappa shape index (κ2) is 13.3. The van der Waals surface area contributed by atoms with Crippen LogP contribution >= 0.6 is 0 Å². The Labute approximate surface area is 208 Å². The molecule has 2 aliphatic rings. The minimum absolute atomic E-state index is 0.00885. The number of hydroxylamine groups is 2. The second-order valence-corrected chi connectivity index (χ2v) is 8.61. The molecule has 0 spiro atoms. The molecule has 2 rings (SSSR count). The number of rotatable bonds is 13. The van der Waals surface area contributed by atoms with Crippen LogP contribution in [0.15, 0.2) is 24.3 Å². The van der Waals surface area contributed by atoms with Gasteiger partial charge in [-0.1, -0.05) is 37.6 Å². The van der Waals surface area contributed by atoms with Gasteiger partial charge >= 0.3 is 12.0 Å². The first-order chi connectivity index (χ1) is 17.1. The quantitative estimate of drug-likeness (QED) is 0.145. The zero-order chi connectivity index (χ0) is 26.7. The first-order valence-electron chi connectivity index (χ1n) is 11.9. The lowest BCUT2D eigenvalue weighted by Gasteiger charge is -2.37. The fourth-order valence-corrected chi connectivity index (χ4v) is 3.98. The number of carbonyl (C=O) groups excluding carboxylic acids is 7. The molecule has 2 aliphatic heterocycles. The molecule has 3 N–H and O–H groups in total. The van der Waals surface area contributed by atoms with Crippen molar-refractivity contribution in [2.24, 2.45) is 11.3 Å². The van der Waals surface area contributed by atoms with E-state index >= 15 is 0 Å². The molecule has 1 atom stereocenters. The lowest BCUT2D eigenvalue weighted by atomic mass is 9.70. The molecule has 36 heavy (non-hydrogen) atoms. The van der Waals surface area contributed by atoms with E-state index in [1.165, 1.54) is 0 Å². The molecule has 1 unspecified atom stereocenters. The van der Waals surface area contributed by atoms with E-state index in [0.717, 1.165) is 0 Å². The smallest absolute Gasteiger partial charge is 0.333 e. The summed E-state index contributed by atoms with van der Waals surface area (Å²) in [7, 11) is 0. The highest BCUT2D eigenvalue weighted by Crippen LogP contribution is 2.37. The van der Waals surface area contributed by atoms with Gasteiger partial charge in [-0.3, -0.25) is 34.6 Å². The van der Waals surface area contributed by atoms with Gasteiger partial charge in [-0.2, -0.15) is 0 Å². The van der Waals surface area contributed by atoms with Crippen molar-refractivity contribution in [3.8, 4) is 0 Å². The Balaban J connectivity index is 1.75. The summed E-state index contributed by atoms with van der Waals surface area (Å²) in [5.41, 5.74) is -1.45. The number of allylic oxidation sites excluding steroid dienone is 4. The summed E-state index contributed by atoms with van der Waals surface area (Å²) in [5, 5.41) is 7.54. The highest BCUT2D eigenvalue weighted by atomic mass is 16.7. The number of amides is 7. The summed E-state index contributed by atoms with van der Waals surface area (Å²) in [5.74, 6) is -3.98. The number of nitrogens with one attached hydrogen (secondary N) is 3. The first-order valence-corrected chi connectivity index (χ1v) is 11.9. The van der Waals surface area contributed by atoms with Gasteiger partial charge in [-0.25, -0.2) is 9.59 Å². The normalized spacial score (nSPS) is 18.5. The molecule has 2 heterocycles. The third-order valence-electron chi connectivity index (χ3n) is 6.05. The molecule has 0 bridgehead atoms. The molecule has 2 saturated heterocycles. The number of hydrogen-bond donors (Lipinski definition) is 3.